The van der Waals surface area contributed by atoms with Crippen LogP contribution in [0.2, 0.25) is 0 Å². The molecule has 1 aliphatic carbocycles. The van der Waals surface area contributed by atoms with Gasteiger partial charge in [0.15, 0.2) is 0 Å². The van der Waals surface area contributed by atoms with E-state index in [1.165, 1.54) is 51.4 Å². The second kappa shape index (κ2) is 7.35. The first kappa shape index (κ1) is 14.1. The Morgan fingerprint density at radius 2 is 1.75 bits per heavy atom. The quantitative estimate of drug-likeness (QED) is 0.528. The van der Waals surface area contributed by atoms with Crippen LogP contribution >= 0.6 is 0 Å². The van der Waals surface area contributed by atoms with Crippen LogP contribution in [0.25, 0.3) is 0 Å². The Labute approximate surface area is 103 Å². The Balaban J connectivity index is 2.38. The van der Waals surface area contributed by atoms with Gasteiger partial charge in [-0.25, -0.2) is 0 Å². The van der Waals surface area contributed by atoms with Crippen molar-refractivity contribution in [3.63, 3.8) is 0 Å². The summed E-state index contributed by atoms with van der Waals surface area (Å²) >= 11 is 0. The normalized spacial score (nSPS) is 30.8. The summed E-state index contributed by atoms with van der Waals surface area (Å²) in [6.45, 7) is 9.63. The van der Waals surface area contributed by atoms with E-state index in [4.69, 9.17) is 0 Å². The minimum absolute atomic E-state index is 0.936. The molecule has 1 aliphatic rings. The molecule has 96 valence electrons. The van der Waals surface area contributed by atoms with Gasteiger partial charge in [-0.3, -0.25) is 0 Å². The van der Waals surface area contributed by atoms with Crippen molar-refractivity contribution in [2.45, 2.75) is 79.1 Å². The average molecular weight is 224 g/mol. The Bertz CT molecular complexity index is 173. The predicted molar refractivity (Wildman–Crippen MR) is 73.6 cm³/mol. The minimum Gasteiger partial charge on any atom is -0.0651 e. The van der Waals surface area contributed by atoms with Gasteiger partial charge in [0.1, 0.15) is 0 Å². The lowest BCUT2D eigenvalue weighted by Crippen LogP contribution is -2.15. The van der Waals surface area contributed by atoms with Crippen LogP contribution in [0.5, 0.6) is 0 Å². The molecular formula is C16H32. The van der Waals surface area contributed by atoms with Crippen molar-refractivity contribution >= 4 is 0 Å². The summed E-state index contributed by atoms with van der Waals surface area (Å²) in [5.74, 6) is 3.96. The van der Waals surface area contributed by atoms with Crippen LogP contribution in [0.1, 0.15) is 79.1 Å². The van der Waals surface area contributed by atoms with Crippen molar-refractivity contribution in [1.29, 1.82) is 0 Å². The van der Waals surface area contributed by atoms with E-state index in [2.05, 4.69) is 27.7 Å². The third-order valence-corrected chi connectivity index (χ3v) is 4.99. The van der Waals surface area contributed by atoms with Crippen LogP contribution in [0.4, 0.5) is 0 Å². The maximum atomic E-state index is 2.45. The highest BCUT2D eigenvalue weighted by Gasteiger charge is 2.21. The van der Waals surface area contributed by atoms with E-state index in [0.717, 1.165) is 23.7 Å². The van der Waals surface area contributed by atoms with Gasteiger partial charge in [0, 0.05) is 0 Å². The van der Waals surface area contributed by atoms with E-state index in [9.17, 15) is 0 Å². The second-order valence-corrected chi connectivity index (χ2v) is 6.27. The molecule has 0 aromatic heterocycles. The summed E-state index contributed by atoms with van der Waals surface area (Å²) in [6, 6.07) is 0. The molecule has 0 radical (unpaired) electrons. The molecule has 0 aliphatic heterocycles. The molecule has 4 atom stereocenters. The molecule has 1 rings (SSSR count). The van der Waals surface area contributed by atoms with Crippen molar-refractivity contribution in [3.8, 4) is 0 Å². The van der Waals surface area contributed by atoms with Gasteiger partial charge in [0.2, 0.25) is 0 Å². The molecule has 1 fully saturated rings. The average Bonchev–Trinajstić information content (AvgIpc) is 2.50. The molecular weight excluding hydrogens is 192 g/mol. The zero-order valence-corrected chi connectivity index (χ0v) is 12.0. The maximum absolute atomic E-state index is 2.45. The third kappa shape index (κ3) is 4.47. The highest BCUT2D eigenvalue weighted by atomic mass is 14.3. The molecule has 0 aromatic carbocycles. The molecule has 0 heterocycles. The van der Waals surface area contributed by atoms with Crippen molar-refractivity contribution in [1.82, 2.24) is 0 Å². The van der Waals surface area contributed by atoms with Gasteiger partial charge >= 0.3 is 0 Å². The lowest BCUT2D eigenvalue weighted by molar-refractivity contribution is 0.252. The predicted octanol–water partition coefficient (Wildman–Crippen LogP) is 5.67. The first-order valence-corrected chi connectivity index (χ1v) is 7.67. The van der Waals surface area contributed by atoms with Crippen LogP contribution in [-0.4, -0.2) is 0 Å². The summed E-state index contributed by atoms with van der Waals surface area (Å²) < 4.78 is 0. The van der Waals surface area contributed by atoms with Gasteiger partial charge in [0.05, 0.1) is 0 Å². The van der Waals surface area contributed by atoms with E-state index in [0.29, 0.717) is 0 Å². The van der Waals surface area contributed by atoms with E-state index >= 15 is 0 Å². The molecule has 0 nitrogen and oxygen atoms in total. The van der Waals surface area contributed by atoms with E-state index < -0.39 is 0 Å². The Morgan fingerprint density at radius 3 is 2.38 bits per heavy atom. The Kier molecular flexibility index (Phi) is 6.46. The van der Waals surface area contributed by atoms with Crippen LogP contribution in [0.15, 0.2) is 0 Å². The largest absolute Gasteiger partial charge is 0.0651 e. The van der Waals surface area contributed by atoms with Gasteiger partial charge in [-0.2, -0.15) is 0 Å². The van der Waals surface area contributed by atoms with Crippen molar-refractivity contribution in [2.24, 2.45) is 23.7 Å². The molecule has 0 heteroatoms. The van der Waals surface area contributed by atoms with Crippen molar-refractivity contribution in [2.75, 3.05) is 0 Å². The molecule has 0 spiro atoms. The first-order chi connectivity index (χ1) is 7.67. The molecule has 1 saturated carbocycles. The van der Waals surface area contributed by atoms with Gasteiger partial charge in [-0.15, -0.1) is 0 Å². The zero-order valence-electron chi connectivity index (χ0n) is 12.0. The smallest absolute Gasteiger partial charge is 0.0389 e. The molecule has 0 bridgehead atoms. The van der Waals surface area contributed by atoms with E-state index in [1.54, 1.807) is 0 Å². The molecule has 4 unspecified atom stereocenters. The van der Waals surface area contributed by atoms with Crippen molar-refractivity contribution < 1.29 is 0 Å². The van der Waals surface area contributed by atoms with Gasteiger partial charge in [0.25, 0.3) is 0 Å². The second-order valence-electron chi connectivity index (χ2n) is 6.27. The highest BCUT2D eigenvalue weighted by molar-refractivity contribution is 4.73. The van der Waals surface area contributed by atoms with Crippen LogP contribution in [-0.2, 0) is 0 Å². The number of hydrogen-bond donors (Lipinski definition) is 0. The lowest BCUT2D eigenvalue weighted by atomic mass is 9.80. The Morgan fingerprint density at radius 1 is 1.00 bits per heavy atom. The number of rotatable bonds is 5. The van der Waals surface area contributed by atoms with E-state index in [1.807, 2.05) is 0 Å². The summed E-state index contributed by atoms with van der Waals surface area (Å²) in [5.41, 5.74) is 0. The minimum atomic E-state index is 0.936. The van der Waals surface area contributed by atoms with Crippen molar-refractivity contribution in [3.05, 3.63) is 0 Å². The molecule has 0 N–H and O–H groups in total. The monoisotopic (exact) mass is 224 g/mol. The maximum Gasteiger partial charge on any atom is -0.0389 e. The summed E-state index contributed by atoms with van der Waals surface area (Å²) in [7, 11) is 0. The zero-order chi connectivity index (χ0) is 12.0. The third-order valence-electron chi connectivity index (χ3n) is 4.99. The molecule has 0 saturated heterocycles. The SMILES string of the molecule is CCC(C)C(CC)CC1CCCC(C)CC1. The standard InChI is InChI=1S/C16H32/c1-5-14(4)16(6-2)12-15-9-7-8-13(3)10-11-15/h13-16H,5-12H2,1-4H3. The van der Waals surface area contributed by atoms with Gasteiger partial charge < -0.3 is 0 Å². The molecule has 0 aromatic rings. The summed E-state index contributed by atoms with van der Waals surface area (Å²) in [6.07, 6.45) is 11.7. The Hall–Kier alpha value is 0. The highest BCUT2D eigenvalue weighted by Crippen LogP contribution is 2.34. The van der Waals surface area contributed by atoms with Gasteiger partial charge in [-0.1, -0.05) is 72.6 Å². The fraction of sp³-hybridized carbons (Fsp3) is 1.00. The summed E-state index contributed by atoms with van der Waals surface area (Å²) in [4.78, 5) is 0. The summed E-state index contributed by atoms with van der Waals surface area (Å²) in [5, 5.41) is 0. The van der Waals surface area contributed by atoms with Crippen LogP contribution in [0, 0.1) is 23.7 Å². The topological polar surface area (TPSA) is 0 Å². The fourth-order valence-electron chi connectivity index (χ4n) is 3.36. The fourth-order valence-corrected chi connectivity index (χ4v) is 3.36. The molecule has 0 amide bonds. The number of hydrogen-bond acceptors (Lipinski definition) is 0. The van der Waals surface area contributed by atoms with Crippen LogP contribution in [0.3, 0.4) is 0 Å². The van der Waals surface area contributed by atoms with Gasteiger partial charge in [-0.05, 0) is 30.1 Å². The van der Waals surface area contributed by atoms with E-state index in [-0.39, 0.29) is 0 Å². The van der Waals surface area contributed by atoms with Crippen LogP contribution < -0.4 is 0 Å². The molecule has 16 heavy (non-hydrogen) atoms. The first-order valence-electron chi connectivity index (χ1n) is 7.67. The lowest BCUT2D eigenvalue weighted by Gasteiger charge is -2.26.